The van der Waals surface area contributed by atoms with Gasteiger partial charge in [-0.25, -0.2) is 8.78 Å². The van der Waals surface area contributed by atoms with Crippen molar-refractivity contribution < 1.29 is 22.3 Å². The lowest BCUT2D eigenvalue weighted by atomic mass is 9.95. The van der Waals surface area contributed by atoms with E-state index in [1.807, 2.05) is 11.0 Å². The smallest absolute Gasteiger partial charge is 0.319 e. The van der Waals surface area contributed by atoms with Crippen LogP contribution in [0, 0.1) is 23.0 Å². The summed E-state index contributed by atoms with van der Waals surface area (Å²) in [6.07, 6.45) is 4.65. The van der Waals surface area contributed by atoms with E-state index in [4.69, 9.17) is 15.5 Å². The van der Waals surface area contributed by atoms with Crippen LogP contribution in [-0.2, 0) is 0 Å². The molecule has 8 nitrogen and oxygen atoms in total. The van der Waals surface area contributed by atoms with Crippen molar-refractivity contribution in [3.05, 3.63) is 53.6 Å². The molecule has 0 spiro atoms. The van der Waals surface area contributed by atoms with E-state index in [0.29, 0.717) is 36.3 Å². The van der Waals surface area contributed by atoms with Crippen LogP contribution in [0.25, 0.3) is 32.1 Å². The number of nitrogens with one attached hydrogen (secondary N) is 1. The van der Waals surface area contributed by atoms with Crippen molar-refractivity contribution in [2.75, 3.05) is 43.4 Å². The van der Waals surface area contributed by atoms with Gasteiger partial charge in [-0.15, -0.1) is 11.3 Å². The third-order valence-corrected chi connectivity index (χ3v) is 11.3. The number of ether oxygens (including phenoxy) is 1. The number of hydrogen-bond donors (Lipinski definition) is 2. The molecule has 4 fully saturated rings. The number of halogens is 4. The molecule has 0 aliphatic carbocycles. The predicted molar refractivity (Wildman–Crippen MR) is 169 cm³/mol. The third kappa shape index (κ3) is 4.60. The first-order valence-corrected chi connectivity index (χ1v) is 16.4. The van der Waals surface area contributed by atoms with Crippen molar-refractivity contribution in [1.82, 2.24) is 20.2 Å². The van der Waals surface area contributed by atoms with E-state index in [2.05, 4.69) is 15.2 Å². The number of aromatic nitrogens is 2. The monoisotopic (exact) mass is 649 g/mol. The number of benzene rings is 2. The maximum atomic E-state index is 16.8. The van der Waals surface area contributed by atoms with Crippen LogP contribution in [0.5, 0.6) is 6.01 Å². The highest BCUT2D eigenvalue weighted by Crippen LogP contribution is 2.44. The van der Waals surface area contributed by atoms with Gasteiger partial charge in [-0.2, -0.15) is 24.0 Å². The molecule has 4 aromatic rings. The van der Waals surface area contributed by atoms with Crippen LogP contribution in [0.4, 0.5) is 28.4 Å². The number of hydrogen-bond acceptors (Lipinski definition) is 9. The van der Waals surface area contributed by atoms with Gasteiger partial charge >= 0.3 is 6.01 Å². The highest BCUT2D eigenvalue weighted by Gasteiger charge is 2.46. The minimum atomic E-state index is -1.75. The third-order valence-electron chi connectivity index (χ3n) is 10.3. The first-order valence-electron chi connectivity index (χ1n) is 15.5. The molecule has 3 N–H and O–H groups in total. The van der Waals surface area contributed by atoms with Crippen LogP contribution < -0.4 is 20.7 Å². The first-order chi connectivity index (χ1) is 22.2. The maximum Gasteiger partial charge on any atom is 0.319 e. The molecule has 2 aromatic carbocycles. The van der Waals surface area contributed by atoms with E-state index < -0.39 is 23.3 Å². The molecule has 4 saturated heterocycles. The molecule has 0 radical (unpaired) electrons. The van der Waals surface area contributed by atoms with Crippen LogP contribution >= 0.6 is 11.3 Å². The topological polar surface area (TPSA) is 103 Å². The van der Waals surface area contributed by atoms with Gasteiger partial charge < -0.3 is 20.7 Å². The van der Waals surface area contributed by atoms with Crippen LogP contribution in [0.1, 0.15) is 44.1 Å². The van der Waals surface area contributed by atoms with Crippen LogP contribution in [0.3, 0.4) is 0 Å². The molecule has 13 heteroatoms. The number of anilines is 2. The Labute approximate surface area is 266 Å². The van der Waals surface area contributed by atoms with Crippen molar-refractivity contribution in [2.24, 2.45) is 0 Å². The van der Waals surface area contributed by atoms with Gasteiger partial charge in [-0.1, -0.05) is 12.1 Å². The fourth-order valence-corrected chi connectivity index (χ4v) is 9.22. The van der Waals surface area contributed by atoms with Crippen molar-refractivity contribution in [3.8, 4) is 23.2 Å². The molecule has 2 aromatic heterocycles. The van der Waals surface area contributed by atoms with Gasteiger partial charge in [0, 0.05) is 41.5 Å². The zero-order chi connectivity index (χ0) is 31.8. The maximum absolute atomic E-state index is 16.8. The van der Waals surface area contributed by atoms with E-state index in [0.717, 1.165) is 62.6 Å². The molecule has 238 valence electrons. The lowest BCUT2D eigenvalue weighted by Crippen LogP contribution is -2.59. The highest BCUT2D eigenvalue weighted by molar-refractivity contribution is 7.23. The number of piperazine rings is 1. The second kappa shape index (κ2) is 10.8. The van der Waals surface area contributed by atoms with E-state index >= 15 is 4.39 Å². The first kappa shape index (κ1) is 29.4. The fourth-order valence-electron chi connectivity index (χ4n) is 8.27. The van der Waals surface area contributed by atoms with E-state index in [1.165, 1.54) is 12.1 Å². The molecule has 4 aliphatic heterocycles. The molecule has 2 atom stereocenters. The minimum absolute atomic E-state index is 0.00368. The fraction of sp³-hybridized carbons (Fsp3) is 0.424. The Bertz CT molecular complexity index is 1960. The average molecular weight is 650 g/mol. The van der Waals surface area contributed by atoms with Gasteiger partial charge in [-0.05, 0) is 69.3 Å². The van der Waals surface area contributed by atoms with Gasteiger partial charge in [0.15, 0.2) is 5.82 Å². The summed E-state index contributed by atoms with van der Waals surface area (Å²) in [4.78, 5) is 13.8. The van der Waals surface area contributed by atoms with Crippen molar-refractivity contribution in [1.29, 1.82) is 5.26 Å². The normalized spacial score (nSPS) is 23.6. The molecule has 4 aliphatic rings. The van der Waals surface area contributed by atoms with E-state index in [-0.39, 0.29) is 55.9 Å². The molecular weight excluding hydrogens is 618 g/mol. The Morgan fingerprint density at radius 3 is 2.67 bits per heavy atom. The number of nitrogen functional groups attached to an aromatic ring is 1. The van der Waals surface area contributed by atoms with Gasteiger partial charge in [0.05, 0.1) is 21.3 Å². The number of thiophene rings is 1. The van der Waals surface area contributed by atoms with Gasteiger partial charge in [-0.3, -0.25) is 4.90 Å². The standard InChI is InChI=1S/C33H31F4N7OS/c34-23-6-5-19(25-22(14-38)29(39)46-28(23)25)20-3-4-21-27(26(20)37)40-31(45-17-33-8-1-11-44(33)12-2-9-33)41-30(21)43-15-18-7-10-32(16-43,42-18)13-24(35)36/h3-6,13,18,42H,1-2,7-12,15-17,39H2/t18?,32-/m1/s1. The van der Waals surface area contributed by atoms with Gasteiger partial charge in [0.2, 0.25) is 0 Å². The zero-order valence-electron chi connectivity index (χ0n) is 24.9. The summed E-state index contributed by atoms with van der Waals surface area (Å²) >= 11 is 0.945. The Morgan fingerprint density at radius 2 is 1.91 bits per heavy atom. The molecule has 8 rings (SSSR count). The zero-order valence-corrected chi connectivity index (χ0v) is 25.7. The lowest BCUT2D eigenvalue weighted by molar-refractivity contribution is 0.108. The Kier molecular flexibility index (Phi) is 6.90. The van der Waals surface area contributed by atoms with E-state index in [1.54, 1.807) is 12.1 Å². The van der Waals surface area contributed by atoms with Crippen LogP contribution in [0.15, 0.2) is 36.4 Å². The summed E-state index contributed by atoms with van der Waals surface area (Å²) in [6.45, 7) is 3.09. The molecule has 46 heavy (non-hydrogen) atoms. The Morgan fingerprint density at radius 1 is 1.13 bits per heavy atom. The SMILES string of the molecule is N#Cc1c(N)sc2c(F)ccc(-c3ccc4c(N5CC6CC[C@@](C=C(F)F)(C5)N6)nc(OCC56CCCN5CCC6)nc4c3F)c12. The highest BCUT2D eigenvalue weighted by atomic mass is 32.1. The van der Waals surface area contributed by atoms with E-state index in [9.17, 15) is 18.4 Å². The van der Waals surface area contributed by atoms with Gasteiger partial charge in [0.1, 0.15) is 34.8 Å². The van der Waals surface area contributed by atoms with Crippen LogP contribution in [0.2, 0.25) is 0 Å². The Balaban J connectivity index is 1.27. The molecule has 0 saturated carbocycles. The Hall–Kier alpha value is -3.99. The number of fused-ring (bicyclic) bond motifs is 5. The summed E-state index contributed by atoms with van der Waals surface area (Å²) in [7, 11) is 0. The van der Waals surface area contributed by atoms with Crippen molar-refractivity contribution >= 4 is 43.1 Å². The van der Waals surface area contributed by atoms with Crippen molar-refractivity contribution in [3.63, 3.8) is 0 Å². The molecule has 6 heterocycles. The summed E-state index contributed by atoms with van der Waals surface area (Å²) < 4.78 is 65.3. The van der Waals surface area contributed by atoms with Gasteiger partial charge in [0.25, 0.3) is 6.08 Å². The minimum Gasteiger partial charge on any atom is -0.461 e. The summed E-state index contributed by atoms with van der Waals surface area (Å²) in [5.74, 6) is -0.826. The number of nitriles is 1. The number of rotatable bonds is 6. The second-order valence-corrected chi connectivity index (χ2v) is 14.0. The summed E-state index contributed by atoms with van der Waals surface area (Å²) in [6, 6.07) is 7.95. The molecule has 1 unspecified atom stereocenters. The predicted octanol–water partition coefficient (Wildman–Crippen LogP) is 6.34. The lowest BCUT2D eigenvalue weighted by Gasteiger charge is -2.40. The number of nitrogens with two attached hydrogens (primary N) is 1. The summed E-state index contributed by atoms with van der Waals surface area (Å²) in [5.41, 5.74) is 5.54. The van der Waals surface area contributed by atoms with Crippen molar-refractivity contribution in [2.45, 2.75) is 55.6 Å². The largest absolute Gasteiger partial charge is 0.461 e. The summed E-state index contributed by atoms with van der Waals surface area (Å²) in [5, 5.41) is 14.0. The number of nitrogens with zero attached hydrogens (tertiary/aromatic N) is 5. The van der Waals surface area contributed by atoms with Crippen LogP contribution in [-0.4, -0.2) is 64.8 Å². The molecule has 0 amide bonds. The molecule has 2 bridgehead atoms. The second-order valence-electron chi connectivity index (χ2n) is 13.0. The quantitative estimate of drug-likeness (QED) is 0.233. The molecular formula is C33H31F4N7OS. The average Bonchev–Trinajstić information content (AvgIpc) is 3.77.